The number of nitrogens with one attached hydrogen (secondary N) is 1. The number of likely N-dealkylation sites (N-methyl/N-ethyl adjacent to an activating group) is 1. The van der Waals surface area contributed by atoms with Gasteiger partial charge in [-0.25, -0.2) is 4.79 Å². The monoisotopic (exact) mass is 386 g/mol. The summed E-state index contributed by atoms with van der Waals surface area (Å²) in [6.45, 7) is 7.50. The Hall–Kier alpha value is -2.80. The van der Waals surface area contributed by atoms with Crippen molar-refractivity contribution in [3.8, 4) is 11.5 Å². The van der Waals surface area contributed by atoms with E-state index >= 15 is 0 Å². The Morgan fingerprint density at radius 2 is 1.89 bits per heavy atom. The van der Waals surface area contributed by atoms with Crippen molar-refractivity contribution in [3.05, 3.63) is 46.3 Å². The van der Waals surface area contributed by atoms with Gasteiger partial charge in [-0.05, 0) is 51.1 Å². The Morgan fingerprint density at radius 3 is 2.61 bits per heavy atom. The topological polar surface area (TPSA) is 80.9 Å². The van der Waals surface area contributed by atoms with E-state index in [4.69, 9.17) is 14.2 Å². The highest BCUT2D eigenvalue weighted by molar-refractivity contribution is 6.02. The molecule has 0 bridgehead atoms. The first-order chi connectivity index (χ1) is 13.4. The second-order valence-corrected chi connectivity index (χ2v) is 6.92. The van der Waals surface area contributed by atoms with E-state index in [1.165, 1.54) is 0 Å². The maximum atomic E-state index is 12.8. The Bertz CT molecular complexity index is 887. The molecule has 7 heteroatoms. The first-order valence-corrected chi connectivity index (χ1v) is 9.37. The molecule has 1 N–H and O–H groups in total. The number of ketones is 1. The fourth-order valence-corrected chi connectivity index (χ4v) is 3.42. The molecular formula is C21H26N2O5. The molecule has 150 valence electrons. The number of hydrogen-bond donors (Lipinski definition) is 1. The number of aromatic nitrogens is 1. The Morgan fingerprint density at radius 1 is 1.18 bits per heavy atom. The molecule has 2 heterocycles. The third-order valence-corrected chi connectivity index (χ3v) is 4.67. The number of ether oxygens (including phenoxy) is 3. The van der Waals surface area contributed by atoms with Crippen LogP contribution in [0.3, 0.4) is 0 Å². The minimum Gasteiger partial charge on any atom is -0.486 e. The van der Waals surface area contributed by atoms with Crippen LogP contribution < -0.4 is 9.47 Å². The van der Waals surface area contributed by atoms with Crippen LogP contribution in [0, 0.1) is 13.8 Å². The van der Waals surface area contributed by atoms with Crippen molar-refractivity contribution >= 4 is 11.8 Å². The molecule has 7 nitrogen and oxygen atoms in total. The normalized spacial score (nSPS) is 12.9. The van der Waals surface area contributed by atoms with Gasteiger partial charge in [-0.2, -0.15) is 0 Å². The van der Waals surface area contributed by atoms with Gasteiger partial charge in [0.05, 0.1) is 24.4 Å². The van der Waals surface area contributed by atoms with Gasteiger partial charge in [0, 0.05) is 12.2 Å². The number of fused-ring (bicyclic) bond motifs is 1. The lowest BCUT2D eigenvalue weighted by atomic mass is 10.1. The Labute approximate surface area is 164 Å². The minimum atomic E-state index is -0.405. The molecule has 1 aromatic heterocycles. The van der Waals surface area contributed by atoms with Crippen LogP contribution in [0.5, 0.6) is 11.5 Å². The van der Waals surface area contributed by atoms with E-state index in [1.54, 1.807) is 20.8 Å². The number of benzene rings is 1. The van der Waals surface area contributed by atoms with Gasteiger partial charge in [-0.15, -0.1) is 0 Å². The summed E-state index contributed by atoms with van der Waals surface area (Å²) in [6, 6.07) is 5.80. The highest BCUT2D eigenvalue weighted by atomic mass is 16.6. The summed E-state index contributed by atoms with van der Waals surface area (Å²) in [5, 5.41) is 0. The average Bonchev–Trinajstić information content (AvgIpc) is 2.96. The van der Waals surface area contributed by atoms with Crippen LogP contribution in [-0.2, 0) is 11.3 Å². The number of aromatic amines is 1. The van der Waals surface area contributed by atoms with Gasteiger partial charge in [0.15, 0.2) is 17.3 Å². The van der Waals surface area contributed by atoms with Crippen molar-refractivity contribution in [2.45, 2.75) is 27.3 Å². The van der Waals surface area contributed by atoms with Crippen LogP contribution in [0.2, 0.25) is 0 Å². The molecule has 0 aliphatic carbocycles. The molecule has 0 fully saturated rings. The van der Waals surface area contributed by atoms with Crippen LogP contribution in [0.1, 0.15) is 44.6 Å². The summed E-state index contributed by atoms with van der Waals surface area (Å²) in [5.41, 5.74) is 3.21. The lowest BCUT2D eigenvalue weighted by Gasteiger charge is -2.20. The Kier molecular flexibility index (Phi) is 6.04. The van der Waals surface area contributed by atoms with Gasteiger partial charge < -0.3 is 19.2 Å². The van der Waals surface area contributed by atoms with E-state index in [0.29, 0.717) is 48.9 Å². The first-order valence-electron chi connectivity index (χ1n) is 9.37. The zero-order valence-corrected chi connectivity index (χ0v) is 16.8. The maximum Gasteiger partial charge on any atom is 0.340 e. The molecule has 1 aliphatic heterocycles. The molecule has 3 rings (SSSR count). The number of aryl methyl sites for hydroxylation is 1. The summed E-state index contributed by atoms with van der Waals surface area (Å²) >= 11 is 0. The van der Waals surface area contributed by atoms with Gasteiger partial charge >= 0.3 is 5.97 Å². The molecule has 0 radical (unpaired) electrons. The second-order valence-electron chi connectivity index (χ2n) is 6.92. The van der Waals surface area contributed by atoms with Crippen LogP contribution in [-0.4, -0.2) is 55.0 Å². The summed E-state index contributed by atoms with van der Waals surface area (Å²) in [6.07, 6.45) is 0. The Balaban J connectivity index is 1.68. The molecule has 0 saturated carbocycles. The van der Waals surface area contributed by atoms with Crippen LogP contribution in [0.4, 0.5) is 0 Å². The van der Waals surface area contributed by atoms with Crippen molar-refractivity contribution in [3.63, 3.8) is 0 Å². The largest absolute Gasteiger partial charge is 0.486 e. The number of rotatable bonds is 7. The molecule has 1 aromatic carbocycles. The van der Waals surface area contributed by atoms with Gasteiger partial charge in [-0.3, -0.25) is 9.69 Å². The van der Waals surface area contributed by atoms with Crippen molar-refractivity contribution in [1.29, 1.82) is 0 Å². The fraction of sp³-hybridized carbons (Fsp3) is 0.429. The number of nitrogens with zero attached hydrogens (tertiary/aromatic N) is 1. The van der Waals surface area contributed by atoms with Crippen molar-refractivity contribution in [2.75, 3.05) is 33.4 Å². The predicted octanol–water partition coefficient (Wildman–Crippen LogP) is 2.89. The molecule has 2 aromatic rings. The van der Waals surface area contributed by atoms with Crippen molar-refractivity contribution in [2.24, 2.45) is 0 Å². The van der Waals surface area contributed by atoms with Gasteiger partial charge in [0.25, 0.3) is 0 Å². The van der Waals surface area contributed by atoms with Crippen LogP contribution >= 0.6 is 0 Å². The molecule has 0 saturated heterocycles. The van der Waals surface area contributed by atoms with E-state index < -0.39 is 5.97 Å². The summed E-state index contributed by atoms with van der Waals surface area (Å²) < 4.78 is 16.2. The summed E-state index contributed by atoms with van der Waals surface area (Å²) in [4.78, 5) is 29.9. The number of esters is 1. The third-order valence-electron chi connectivity index (χ3n) is 4.67. The highest BCUT2D eigenvalue weighted by Crippen LogP contribution is 2.31. The zero-order chi connectivity index (χ0) is 20.3. The lowest BCUT2D eigenvalue weighted by Crippen LogP contribution is -2.26. The van der Waals surface area contributed by atoms with Crippen molar-refractivity contribution in [1.82, 2.24) is 9.88 Å². The van der Waals surface area contributed by atoms with Crippen molar-refractivity contribution < 1.29 is 23.8 Å². The smallest absolute Gasteiger partial charge is 0.340 e. The third kappa shape index (κ3) is 4.20. The van der Waals surface area contributed by atoms with E-state index in [9.17, 15) is 9.59 Å². The SMILES string of the molecule is CCOC(=O)c1c(C)[nH]c(C(=O)CN(C)Cc2ccc3c(c2)OCCO3)c1C. The number of carbonyl (C=O) groups is 2. The first kappa shape index (κ1) is 19.9. The number of H-pyrrole nitrogens is 1. The maximum absolute atomic E-state index is 12.8. The predicted molar refractivity (Wildman–Crippen MR) is 104 cm³/mol. The van der Waals surface area contributed by atoms with Gasteiger partial charge in [0.1, 0.15) is 13.2 Å². The minimum absolute atomic E-state index is 0.0730. The molecule has 0 amide bonds. The van der Waals surface area contributed by atoms with E-state index in [1.807, 2.05) is 30.1 Å². The number of carbonyl (C=O) groups excluding carboxylic acids is 2. The standard InChI is InChI=1S/C21H26N2O5/c1-5-26-21(25)19-13(2)20(22-14(19)3)16(24)12-23(4)11-15-6-7-17-18(10-15)28-9-8-27-17/h6-7,10,22H,5,8-9,11-12H2,1-4H3. The molecule has 0 unspecified atom stereocenters. The molecular weight excluding hydrogens is 360 g/mol. The molecule has 1 aliphatic rings. The molecule has 0 spiro atoms. The van der Waals surface area contributed by atoms with E-state index in [-0.39, 0.29) is 12.3 Å². The van der Waals surface area contributed by atoms with E-state index in [2.05, 4.69) is 4.98 Å². The average molecular weight is 386 g/mol. The number of hydrogen-bond acceptors (Lipinski definition) is 6. The van der Waals surface area contributed by atoms with Gasteiger partial charge in [-0.1, -0.05) is 6.07 Å². The van der Waals surface area contributed by atoms with E-state index in [0.717, 1.165) is 17.1 Å². The summed E-state index contributed by atoms with van der Waals surface area (Å²) in [5.74, 6) is 1.00. The molecule has 0 atom stereocenters. The lowest BCUT2D eigenvalue weighted by molar-refractivity contribution is 0.0525. The fourth-order valence-electron chi connectivity index (χ4n) is 3.42. The highest BCUT2D eigenvalue weighted by Gasteiger charge is 2.23. The zero-order valence-electron chi connectivity index (χ0n) is 16.8. The molecule has 28 heavy (non-hydrogen) atoms. The second kappa shape index (κ2) is 8.48. The summed E-state index contributed by atoms with van der Waals surface area (Å²) in [7, 11) is 1.88. The van der Waals surface area contributed by atoms with Crippen LogP contribution in [0.15, 0.2) is 18.2 Å². The quantitative estimate of drug-likeness (QED) is 0.582. The number of Topliss-reactive ketones (excluding diaryl/α,β-unsaturated/α-hetero) is 1. The van der Waals surface area contributed by atoms with Gasteiger partial charge in [0.2, 0.25) is 0 Å². The van der Waals surface area contributed by atoms with Crippen LogP contribution in [0.25, 0.3) is 0 Å².